The van der Waals surface area contributed by atoms with E-state index < -0.39 is 87.4 Å². The first kappa shape index (κ1) is 23.4. The number of Topliss-reactive ketones (excluding diaryl/α,β-unsaturated/α-hetero) is 1. The van der Waals surface area contributed by atoms with Gasteiger partial charge in [0, 0.05) is 22.6 Å². The molecular weight excluding hydrogens is 488 g/mol. The van der Waals surface area contributed by atoms with Gasteiger partial charge in [-0.15, -0.1) is 0 Å². The summed E-state index contributed by atoms with van der Waals surface area (Å²) < 4.78 is 28.7. The van der Waals surface area contributed by atoms with Crippen LogP contribution in [0.5, 0.6) is 0 Å². The molecule has 4 saturated heterocycles. The predicted molar refractivity (Wildman–Crippen MR) is 118 cm³/mol. The maximum Gasteiger partial charge on any atom is 0.339 e. The number of allylic oxidation sites excluding steroid dienone is 1. The third-order valence-electron chi connectivity index (χ3n) is 10.5. The molecule has 5 fully saturated rings. The standard InChI is InChI=1S/C26H28O11/c1-22(2)16-15(29)17(30)24(4)11(25(16)9-33-13(27)8-12(25)36-22)5-6-23(3)18(10-7-14(28)34-20(10)31)35-21(32)19-26(23,24)37-19/h7,11-12,18-20,29,31H,5-6,8-9H2,1-4H3/t11-,12-,18-,19+,20-,23-,24-,25-,26+/m0/s1. The van der Waals surface area contributed by atoms with E-state index in [0.717, 1.165) is 6.08 Å². The number of ether oxygens (including phenoxy) is 5. The number of aliphatic hydroxyl groups is 2. The molecule has 2 spiro atoms. The smallest absolute Gasteiger partial charge is 0.339 e. The van der Waals surface area contributed by atoms with Crippen molar-refractivity contribution in [2.45, 2.75) is 82.8 Å². The lowest BCUT2D eigenvalue weighted by Gasteiger charge is -2.63. The van der Waals surface area contributed by atoms with Crippen LogP contribution in [0.25, 0.3) is 0 Å². The number of aliphatic hydroxyl groups excluding tert-OH is 2. The van der Waals surface area contributed by atoms with E-state index in [4.69, 9.17) is 23.7 Å². The van der Waals surface area contributed by atoms with Gasteiger partial charge in [-0.05, 0) is 39.5 Å². The van der Waals surface area contributed by atoms with Crippen molar-refractivity contribution >= 4 is 23.7 Å². The molecule has 37 heavy (non-hydrogen) atoms. The van der Waals surface area contributed by atoms with Crippen LogP contribution in [0, 0.1) is 22.2 Å². The second kappa shape index (κ2) is 6.44. The molecule has 1 saturated carbocycles. The molecular formula is C26H28O11. The van der Waals surface area contributed by atoms with Gasteiger partial charge in [-0.25, -0.2) is 9.59 Å². The van der Waals surface area contributed by atoms with Crippen LogP contribution in [-0.2, 0) is 42.9 Å². The highest BCUT2D eigenvalue weighted by atomic mass is 16.7. The molecule has 0 aromatic rings. The Balaban J connectivity index is 1.44. The zero-order valence-corrected chi connectivity index (χ0v) is 20.9. The first-order valence-electron chi connectivity index (χ1n) is 12.6. The fraction of sp³-hybridized carbons (Fsp3) is 0.692. The van der Waals surface area contributed by atoms with Crippen molar-refractivity contribution in [2.75, 3.05) is 6.61 Å². The molecule has 5 aliphatic heterocycles. The van der Waals surface area contributed by atoms with E-state index in [9.17, 15) is 29.4 Å². The van der Waals surface area contributed by atoms with Crippen molar-refractivity contribution < 1.29 is 53.1 Å². The summed E-state index contributed by atoms with van der Waals surface area (Å²) in [4.78, 5) is 51.7. The topological polar surface area (TPSA) is 158 Å². The number of esters is 3. The van der Waals surface area contributed by atoms with Crippen LogP contribution >= 0.6 is 0 Å². The number of rotatable bonds is 1. The SMILES string of the molecule is CC1(C)O[C@H]2CC(=O)OC[C@@]23C1=C(O)C(=O)[C@]1(C)[C@@H]3CC[C@@]2(C)[C@H](C3=CC(=O)O[C@@H]3O)OC(=O)[C@H]3O[C@]321. The number of ketones is 1. The Kier molecular flexibility index (Phi) is 4.07. The molecule has 0 aromatic heterocycles. The first-order chi connectivity index (χ1) is 17.3. The molecule has 11 nitrogen and oxygen atoms in total. The molecule has 7 aliphatic rings. The molecule has 0 amide bonds. The minimum Gasteiger partial charge on any atom is -0.504 e. The monoisotopic (exact) mass is 516 g/mol. The largest absolute Gasteiger partial charge is 0.504 e. The summed E-state index contributed by atoms with van der Waals surface area (Å²) in [5.41, 5.74) is -5.38. The van der Waals surface area contributed by atoms with E-state index in [2.05, 4.69) is 0 Å². The summed E-state index contributed by atoms with van der Waals surface area (Å²) in [6.45, 7) is 6.98. The number of carbonyl (C=O) groups excluding carboxylic acids is 4. The number of fused-ring (bicyclic) bond motifs is 1. The molecule has 198 valence electrons. The number of carbonyl (C=O) groups is 4. The van der Waals surface area contributed by atoms with E-state index >= 15 is 0 Å². The molecule has 0 radical (unpaired) electrons. The zero-order chi connectivity index (χ0) is 26.5. The van der Waals surface area contributed by atoms with Crippen LogP contribution < -0.4 is 0 Å². The Labute approximate surface area is 211 Å². The van der Waals surface area contributed by atoms with Crippen molar-refractivity contribution in [3.05, 3.63) is 23.0 Å². The van der Waals surface area contributed by atoms with Gasteiger partial charge in [0.05, 0.1) is 29.0 Å². The quantitative estimate of drug-likeness (QED) is 0.288. The summed E-state index contributed by atoms with van der Waals surface area (Å²) in [6.07, 6.45) is -2.49. The van der Waals surface area contributed by atoms with Crippen molar-refractivity contribution in [1.82, 2.24) is 0 Å². The maximum absolute atomic E-state index is 14.3. The van der Waals surface area contributed by atoms with E-state index in [0.29, 0.717) is 18.4 Å². The van der Waals surface area contributed by atoms with Crippen LogP contribution in [-0.4, -0.2) is 76.3 Å². The molecule has 9 atom stereocenters. The Morgan fingerprint density at radius 1 is 1.00 bits per heavy atom. The zero-order valence-electron chi connectivity index (χ0n) is 20.9. The Bertz CT molecular complexity index is 1280. The second-order valence-corrected chi connectivity index (χ2v) is 12.3. The van der Waals surface area contributed by atoms with Gasteiger partial charge in [-0.2, -0.15) is 0 Å². The van der Waals surface area contributed by atoms with Crippen LogP contribution in [0.3, 0.4) is 0 Å². The Morgan fingerprint density at radius 2 is 1.73 bits per heavy atom. The summed E-state index contributed by atoms with van der Waals surface area (Å²) in [5.74, 6) is -3.41. The van der Waals surface area contributed by atoms with Crippen molar-refractivity contribution in [2.24, 2.45) is 22.2 Å². The minimum atomic E-state index is -1.59. The molecule has 0 aromatic carbocycles. The number of hydrogen-bond donors (Lipinski definition) is 2. The molecule has 0 unspecified atom stereocenters. The lowest BCUT2D eigenvalue weighted by molar-refractivity contribution is -0.209. The summed E-state index contributed by atoms with van der Waals surface area (Å²) >= 11 is 0. The molecule has 7 rings (SSSR count). The maximum atomic E-state index is 14.3. The van der Waals surface area contributed by atoms with Crippen LogP contribution in [0.1, 0.15) is 47.0 Å². The fourth-order valence-electron chi connectivity index (χ4n) is 9.16. The van der Waals surface area contributed by atoms with Crippen LogP contribution in [0.15, 0.2) is 23.0 Å². The summed E-state index contributed by atoms with van der Waals surface area (Å²) in [5, 5.41) is 22.0. The van der Waals surface area contributed by atoms with Gasteiger partial charge >= 0.3 is 17.9 Å². The van der Waals surface area contributed by atoms with E-state index in [1.165, 1.54) is 0 Å². The third kappa shape index (κ3) is 2.28. The lowest BCUT2D eigenvalue weighted by atomic mass is 9.38. The molecule has 11 heteroatoms. The highest BCUT2D eigenvalue weighted by molar-refractivity contribution is 6.04. The molecule has 2 aliphatic carbocycles. The van der Waals surface area contributed by atoms with Gasteiger partial charge < -0.3 is 33.9 Å². The van der Waals surface area contributed by atoms with Crippen molar-refractivity contribution in [3.63, 3.8) is 0 Å². The van der Waals surface area contributed by atoms with Gasteiger partial charge in [-0.1, -0.05) is 6.92 Å². The Hall–Kier alpha value is -2.76. The van der Waals surface area contributed by atoms with Crippen molar-refractivity contribution in [1.29, 1.82) is 0 Å². The average molecular weight is 516 g/mol. The molecule has 0 bridgehead atoms. The van der Waals surface area contributed by atoms with Crippen LogP contribution in [0.2, 0.25) is 0 Å². The summed E-state index contributed by atoms with van der Waals surface area (Å²) in [6, 6.07) is 0. The number of cyclic esters (lactones) is 3. The van der Waals surface area contributed by atoms with Crippen LogP contribution in [0.4, 0.5) is 0 Å². The summed E-state index contributed by atoms with van der Waals surface area (Å²) in [7, 11) is 0. The molecule has 5 heterocycles. The number of hydrogen-bond acceptors (Lipinski definition) is 11. The number of epoxide rings is 1. The highest BCUT2D eigenvalue weighted by Gasteiger charge is 2.90. The minimum absolute atomic E-state index is 0.0290. The van der Waals surface area contributed by atoms with Gasteiger partial charge in [0.25, 0.3) is 0 Å². The van der Waals surface area contributed by atoms with E-state index in [1.807, 2.05) is 6.92 Å². The van der Waals surface area contributed by atoms with E-state index in [-0.39, 0.29) is 18.6 Å². The predicted octanol–water partition coefficient (Wildman–Crippen LogP) is 0.779. The van der Waals surface area contributed by atoms with Gasteiger partial charge in [0.1, 0.15) is 18.3 Å². The normalized spacial score (nSPS) is 51.1. The van der Waals surface area contributed by atoms with Gasteiger partial charge in [0.2, 0.25) is 12.1 Å². The fourth-order valence-corrected chi connectivity index (χ4v) is 9.16. The highest BCUT2D eigenvalue weighted by Crippen LogP contribution is 2.78. The third-order valence-corrected chi connectivity index (χ3v) is 10.5. The average Bonchev–Trinajstić information content (AvgIpc) is 3.44. The van der Waals surface area contributed by atoms with Gasteiger partial charge in [0.15, 0.2) is 11.9 Å². The first-order valence-corrected chi connectivity index (χ1v) is 12.6. The Morgan fingerprint density at radius 3 is 2.41 bits per heavy atom. The second-order valence-electron chi connectivity index (χ2n) is 12.3. The van der Waals surface area contributed by atoms with E-state index in [1.54, 1.807) is 20.8 Å². The lowest BCUT2D eigenvalue weighted by Crippen LogP contribution is -2.73. The van der Waals surface area contributed by atoms with Gasteiger partial charge in [-0.3, -0.25) is 9.59 Å². The van der Waals surface area contributed by atoms with Crippen molar-refractivity contribution in [3.8, 4) is 0 Å². The molecule has 2 N–H and O–H groups in total.